The maximum atomic E-state index is 6.21. The van der Waals surface area contributed by atoms with Crippen molar-refractivity contribution >= 4 is 11.8 Å². The first-order valence-electron chi connectivity index (χ1n) is 6.70. The second kappa shape index (κ2) is 5.68. The first-order chi connectivity index (χ1) is 8.50. The summed E-state index contributed by atoms with van der Waals surface area (Å²) in [4.78, 5) is 2.50. The number of furan rings is 1. The molecule has 0 bridgehead atoms. The van der Waals surface area contributed by atoms with Crippen LogP contribution in [-0.4, -0.2) is 34.5 Å². The highest BCUT2D eigenvalue weighted by Gasteiger charge is 2.34. The number of aryl methyl sites for hydroxylation is 1. The summed E-state index contributed by atoms with van der Waals surface area (Å²) in [5, 5.41) is 0.649. The molecule has 18 heavy (non-hydrogen) atoms. The molecule has 4 atom stereocenters. The molecule has 3 nitrogen and oxygen atoms in total. The van der Waals surface area contributed by atoms with Gasteiger partial charge in [-0.1, -0.05) is 6.92 Å². The maximum absolute atomic E-state index is 6.21. The van der Waals surface area contributed by atoms with Crippen LogP contribution >= 0.6 is 11.8 Å². The van der Waals surface area contributed by atoms with Crippen molar-refractivity contribution in [2.24, 2.45) is 5.73 Å². The smallest absolute Gasteiger partial charge is 0.122 e. The third-order valence-electron chi connectivity index (χ3n) is 3.84. The summed E-state index contributed by atoms with van der Waals surface area (Å²) >= 11 is 2.05. The fourth-order valence-corrected chi connectivity index (χ4v) is 3.81. The van der Waals surface area contributed by atoms with Crippen molar-refractivity contribution in [2.75, 3.05) is 12.3 Å². The minimum atomic E-state index is 0.0771. The van der Waals surface area contributed by atoms with Crippen LogP contribution in [0.1, 0.15) is 38.3 Å². The third-order valence-corrected chi connectivity index (χ3v) is 5.18. The van der Waals surface area contributed by atoms with Gasteiger partial charge in [0.25, 0.3) is 0 Å². The fraction of sp³-hybridized carbons (Fsp3) is 0.714. The predicted octanol–water partition coefficient (Wildman–Crippen LogP) is 2.80. The molecule has 0 aliphatic carbocycles. The van der Waals surface area contributed by atoms with Gasteiger partial charge in [0.05, 0.1) is 6.04 Å². The number of hydrogen-bond donors (Lipinski definition) is 1. The molecular formula is C14H24N2OS. The molecule has 0 amide bonds. The minimum absolute atomic E-state index is 0.0771. The van der Waals surface area contributed by atoms with Gasteiger partial charge in [0, 0.05) is 29.6 Å². The lowest BCUT2D eigenvalue weighted by molar-refractivity contribution is 0.113. The summed E-state index contributed by atoms with van der Waals surface area (Å²) in [7, 11) is 0. The Labute approximate surface area is 114 Å². The van der Waals surface area contributed by atoms with Gasteiger partial charge in [-0.3, -0.25) is 4.90 Å². The van der Waals surface area contributed by atoms with Crippen LogP contribution in [0.4, 0.5) is 0 Å². The summed E-state index contributed by atoms with van der Waals surface area (Å²) in [6, 6.07) is 4.90. The van der Waals surface area contributed by atoms with Gasteiger partial charge in [0.15, 0.2) is 0 Å². The van der Waals surface area contributed by atoms with E-state index >= 15 is 0 Å². The highest BCUT2D eigenvalue weighted by molar-refractivity contribution is 8.00. The SMILES string of the molecule is Cc1ccc(C(C(C)N)N2CCSC(C)C2C)o1. The number of hydrogen-bond acceptors (Lipinski definition) is 4. The molecule has 1 aliphatic heterocycles. The van der Waals surface area contributed by atoms with E-state index in [1.807, 2.05) is 24.8 Å². The van der Waals surface area contributed by atoms with Gasteiger partial charge in [-0.2, -0.15) is 11.8 Å². The van der Waals surface area contributed by atoms with Crippen LogP contribution in [0.5, 0.6) is 0 Å². The van der Waals surface area contributed by atoms with Crippen LogP contribution in [0.25, 0.3) is 0 Å². The molecule has 1 aliphatic rings. The predicted molar refractivity (Wildman–Crippen MR) is 77.9 cm³/mol. The third kappa shape index (κ3) is 2.76. The lowest BCUT2D eigenvalue weighted by Gasteiger charge is -2.43. The molecular weight excluding hydrogens is 244 g/mol. The summed E-state index contributed by atoms with van der Waals surface area (Å²) in [6.45, 7) is 9.73. The number of nitrogens with zero attached hydrogens (tertiary/aromatic N) is 1. The van der Waals surface area contributed by atoms with Gasteiger partial charge in [0.1, 0.15) is 11.5 Å². The van der Waals surface area contributed by atoms with Crippen molar-refractivity contribution < 1.29 is 4.42 Å². The molecule has 0 aromatic carbocycles. The van der Waals surface area contributed by atoms with Crippen molar-refractivity contribution in [3.8, 4) is 0 Å². The topological polar surface area (TPSA) is 42.4 Å². The van der Waals surface area contributed by atoms with E-state index in [9.17, 15) is 0 Å². The standard InChI is InChI=1S/C14H24N2OS/c1-9-5-6-13(17-9)14(10(2)15)16-7-8-18-12(4)11(16)3/h5-6,10-12,14H,7-8,15H2,1-4H3. The number of thioether (sulfide) groups is 1. The zero-order valence-electron chi connectivity index (χ0n) is 11.7. The van der Waals surface area contributed by atoms with Gasteiger partial charge in [-0.15, -0.1) is 0 Å². The molecule has 4 unspecified atom stereocenters. The molecule has 1 fully saturated rings. The van der Waals surface area contributed by atoms with Crippen molar-refractivity contribution in [1.82, 2.24) is 4.90 Å². The first-order valence-corrected chi connectivity index (χ1v) is 7.75. The molecule has 2 rings (SSSR count). The lowest BCUT2D eigenvalue weighted by atomic mass is 10.0. The van der Waals surface area contributed by atoms with Gasteiger partial charge in [-0.05, 0) is 32.9 Å². The average Bonchev–Trinajstić information content (AvgIpc) is 2.71. The second-order valence-corrected chi connectivity index (χ2v) is 6.79. The summed E-state index contributed by atoms with van der Waals surface area (Å²) in [6.07, 6.45) is 0. The van der Waals surface area contributed by atoms with E-state index in [0.717, 1.165) is 18.1 Å². The fourth-order valence-electron chi connectivity index (χ4n) is 2.69. The summed E-state index contributed by atoms with van der Waals surface area (Å²) < 4.78 is 5.82. The first kappa shape index (κ1) is 14.0. The van der Waals surface area contributed by atoms with Crippen LogP contribution in [0, 0.1) is 6.92 Å². The summed E-state index contributed by atoms with van der Waals surface area (Å²) in [5.41, 5.74) is 6.21. The molecule has 1 saturated heterocycles. The Morgan fingerprint density at radius 3 is 2.72 bits per heavy atom. The van der Waals surface area contributed by atoms with E-state index < -0.39 is 0 Å². The van der Waals surface area contributed by atoms with E-state index in [1.165, 1.54) is 5.75 Å². The van der Waals surface area contributed by atoms with E-state index in [0.29, 0.717) is 11.3 Å². The second-order valence-electron chi connectivity index (χ2n) is 5.31. The lowest BCUT2D eigenvalue weighted by Crippen LogP contribution is -2.50. The van der Waals surface area contributed by atoms with E-state index in [4.69, 9.17) is 10.2 Å². The largest absolute Gasteiger partial charge is 0.465 e. The highest BCUT2D eigenvalue weighted by Crippen LogP contribution is 2.33. The molecule has 1 aromatic rings. The Morgan fingerprint density at radius 1 is 1.44 bits per heavy atom. The Morgan fingerprint density at radius 2 is 2.17 bits per heavy atom. The molecule has 4 heteroatoms. The molecule has 0 spiro atoms. The Kier molecular flexibility index (Phi) is 4.41. The average molecular weight is 268 g/mol. The zero-order valence-corrected chi connectivity index (χ0v) is 12.5. The van der Waals surface area contributed by atoms with Gasteiger partial charge >= 0.3 is 0 Å². The normalized spacial score (nSPS) is 29.2. The molecule has 102 valence electrons. The molecule has 0 radical (unpaired) electrons. The summed E-state index contributed by atoms with van der Waals surface area (Å²) in [5.74, 6) is 3.14. The number of rotatable bonds is 3. The Hall–Kier alpha value is -0.450. The maximum Gasteiger partial charge on any atom is 0.122 e. The Balaban J connectivity index is 2.24. The quantitative estimate of drug-likeness (QED) is 0.915. The molecule has 1 aromatic heterocycles. The van der Waals surface area contributed by atoms with E-state index in [1.54, 1.807) is 0 Å². The Bertz CT molecular complexity index is 391. The van der Waals surface area contributed by atoms with E-state index in [2.05, 4.69) is 31.7 Å². The van der Waals surface area contributed by atoms with Crippen molar-refractivity contribution in [3.63, 3.8) is 0 Å². The minimum Gasteiger partial charge on any atom is -0.465 e. The number of nitrogens with two attached hydrogens (primary N) is 1. The van der Waals surface area contributed by atoms with Crippen molar-refractivity contribution in [1.29, 1.82) is 0 Å². The van der Waals surface area contributed by atoms with Gasteiger partial charge in [0.2, 0.25) is 0 Å². The molecule has 2 heterocycles. The van der Waals surface area contributed by atoms with Crippen LogP contribution < -0.4 is 5.73 Å². The van der Waals surface area contributed by atoms with E-state index in [-0.39, 0.29) is 12.1 Å². The monoisotopic (exact) mass is 268 g/mol. The highest BCUT2D eigenvalue weighted by atomic mass is 32.2. The molecule has 0 saturated carbocycles. The van der Waals surface area contributed by atoms with Crippen molar-refractivity contribution in [3.05, 3.63) is 23.7 Å². The van der Waals surface area contributed by atoms with Crippen LogP contribution in [-0.2, 0) is 0 Å². The van der Waals surface area contributed by atoms with Crippen LogP contribution in [0.2, 0.25) is 0 Å². The van der Waals surface area contributed by atoms with Crippen LogP contribution in [0.15, 0.2) is 16.5 Å². The van der Waals surface area contributed by atoms with Gasteiger partial charge in [-0.25, -0.2) is 0 Å². The molecule has 2 N–H and O–H groups in total. The van der Waals surface area contributed by atoms with Crippen LogP contribution in [0.3, 0.4) is 0 Å². The van der Waals surface area contributed by atoms with Crippen molar-refractivity contribution in [2.45, 2.75) is 51.1 Å². The van der Waals surface area contributed by atoms with Gasteiger partial charge < -0.3 is 10.2 Å². The zero-order chi connectivity index (χ0) is 13.3.